The largest absolute Gasteiger partial charge is 0.496 e. The van der Waals surface area contributed by atoms with Gasteiger partial charge in [0.1, 0.15) is 5.75 Å². The highest BCUT2D eigenvalue weighted by Gasteiger charge is 2.11. The molecule has 144 valence electrons. The Morgan fingerprint density at radius 2 is 1.67 bits per heavy atom. The van der Waals surface area contributed by atoms with Gasteiger partial charge < -0.3 is 20.3 Å². The predicted octanol–water partition coefficient (Wildman–Crippen LogP) is 3.08. The number of likely N-dealkylation sites (N-methyl/N-ethyl adjacent to an activating group) is 1. The minimum Gasteiger partial charge on any atom is -0.496 e. The molecule has 0 bridgehead atoms. The fourth-order valence-electron chi connectivity index (χ4n) is 2.67. The van der Waals surface area contributed by atoms with Crippen LogP contribution in [0.1, 0.15) is 17.5 Å². The van der Waals surface area contributed by atoms with Crippen molar-refractivity contribution in [1.82, 2.24) is 10.2 Å². The van der Waals surface area contributed by atoms with Crippen LogP contribution in [-0.2, 0) is 17.6 Å². The number of amides is 3. The number of ether oxygens (including phenoxy) is 1. The molecule has 2 aromatic carbocycles. The summed E-state index contributed by atoms with van der Waals surface area (Å²) >= 11 is 0. The van der Waals surface area contributed by atoms with E-state index in [1.165, 1.54) is 4.90 Å². The summed E-state index contributed by atoms with van der Waals surface area (Å²) in [5.41, 5.74) is 2.56. The molecule has 2 aromatic rings. The number of rotatable bonds is 8. The van der Waals surface area contributed by atoms with Gasteiger partial charge in [0.25, 0.3) is 0 Å². The molecule has 6 heteroatoms. The van der Waals surface area contributed by atoms with Gasteiger partial charge in [0.05, 0.1) is 13.5 Å². The lowest BCUT2D eigenvalue weighted by Crippen LogP contribution is -2.30. The molecule has 27 heavy (non-hydrogen) atoms. The van der Waals surface area contributed by atoms with Crippen molar-refractivity contribution in [2.24, 2.45) is 0 Å². The first-order valence-corrected chi connectivity index (χ1v) is 8.96. The van der Waals surface area contributed by atoms with Crippen LogP contribution in [0.3, 0.4) is 0 Å². The van der Waals surface area contributed by atoms with Gasteiger partial charge in [-0.15, -0.1) is 0 Å². The van der Waals surface area contributed by atoms with Crippen molar-refractivity contribution in [3.8, 4) is 5.75 Å². The van der Waals surface area contributed by atoms with E-state index >= 15 is 0 Å². The van der Waals surface area contributed by atoms with E-state index in [1.54, 1.807) is 27.3 Å². The second-order valence-corrected chi connectivity index (χ2v) is 6.42. The predicted molar refractivity (Wildman–Crippen MR) is 107 cm³/mol. The van der Waals surface area contributed by atoms with Crippen molar-refractivity contribution in [2.75, 3.05) is 33.1 Å². The summed E-state index contributed by atoms with van der Waals surface area (Å²) in [5.74, 6) is 0.850. The summed E-state index contributed by atoms with van der Waals surface area (Å²) < 4.78 is 5.33. The normalized spacial score (nSPS) is 10.2. The zero-order valence-electron chi connectivity index (χ0n) is 16.1. The molecule has 0 radical (unpaired) electrons. The Bertz CT molecular complexity index is 775. The van der Waals surface area contributed by atoms with Crippen LogP contribution in [0.4, 0.5) is 10.5 Å². The Balaban J connectivity index is 1.83. The third kappa shape index (κ3) is 6.33. The summed E-state index contributed by atoms with van der Waals surface area (Å²) in [6.45, 7) is 0.544. The van der Waals surface area contributed by atoms with Gasteiger partial charge in [-0.25, -0.2) is 4.79 Å². The van der Waals surface area contributed by atoms with Crippen LogP contribution in [0.25, 0.3) is 0 Å². The summed E-state index contributed by atoms with van der Waals surface area (Å²) in [6.07, 6.45) is 1.87. The van der Waals surface area contributed by atoms with Crippen LogP contribution >= 0.6 is 0 Å². The highest BCUT2D eigenvalue weighted by Crippen LogP contribution is 2.19. The van der Waals surface area contributed by atoms with Gasteiger partial charge in [-0.3, -0.25) is 4.79 Å². The fourth-order valence-corrected chi connectivity index (χ4v) is 2.67. The van der Waals surface area contributed by atoms with Crippen molar-refractivity contribution in [3.05, 3.63) is 59.7 Å². The number of urea groups is 1. The van der Waals surface area contributed by atoms with Crippen LogP contribution in [0.5, 0.6) is 5.75 Å². The van der Waals surface area contributed by atoms with E-state index in [0.29, 0.717) is 12.2 Å². The number of carbonyl (C=O) groups is 2. The topological polar surface area (TPSA) is 70.7 Å². The number of para-hydroxylation sites is 2. The molecule has 6 nitrogen and oxygen atoms in total. The number of hydrogen-bond acceptors (Lipinski definition) is 3. The Labute approximate surface area is 160 Å². The van der Waals surface area contributed by atoms with Crippen molar-refractivity contribution in [3.63, 3.8) is 0 Å². The maximum atomic E-state index is 12.2. The number of nitrogens with zero attached hydrogens (tertiary/aromatic N) is 1. The van der Waals surface area contributed by atoms with E-state index in [1.807, 2.05) is 42.5 Å². The number of methoxy groups -OCH3 is 1. The second-order valence-electron chi connectivity index (χ2n) is 6.42. The van der Waals surface area contributed by atoms with E-state index in [0.717, 1.165) is 29.7 Å². The molecule has 0 aliphatic rings. The van der Waals surface area contributed by atoms with Gasteiger partial charge >= 0.3 is 6.03 Å². The number of anilines is 1. The molecule has 0 saturated carbocycles. The maximum Gasteiger partial charge on any atom is 0.319 e. The van der Waals surface area contributed by atoms with E-state index in [9.17, 15) is 9.59 Å². The number of hydrogen-bond donors (Lipinski definition) is 2. The Morgan fingerprint density at radius 1 is 1.00 bits per heavy atom. The molecule has 3 amide bonds. The third-order valence-corrected chi connectivity index (χ3v) is 4.21. The van der Waals surface area contributed by atoms with Crippen LogP contribution < -0.4 is 15.4 Å². The smallest absolute Gasteiger partial charge is 0.319 e. The average molecular weight is 369 g/mol. The van der Waals surface area contributed by atoms with Crippen molar-refractivity contribution in [2.45, 2.75) is 19.3 Å². The molecule has 0 fully saturated rings. The SMILES string of the molecule is COc1ccccc1CCCNC(=O)Nc1ccccc1CC(=O)N(C)C. The lowest BCUT2D eigenvalue weighted by Gasteiger charge is -2.14. The third-order valence-electron chi connectivity index (χ3n) is 4.21. The van der Waals surface area contributed by atoms with Gasteiger partial charge in [0.15, 0.2) is 0 Å². The molecule has 2 rings (SSSR count). The van der Waals surface area contributed by atoms with E-state index in [-0.39, 0.29) is 18.4 Å². The van der Waals surface area contributed by atoms with Crippen molar-refractivity contribution in [1.29, 1.82) is 0 Å². The monoisotopic (exact) mass is 369 g/mol. The molecule has 0 atom stereocenters. The Hall–Kier alpha value is -3.02. The van der Waals surface area contributed by atoms with E-state index in [2.05, 4.69) is 10.6 Å². The fraction of sp³-hybridized carbons (Fsp3) is 0.333. The van der Waals surface area contributed by atoms with Gasteiger partial charge in [-0.05, 0) is 36.1 Å². The summed E-state index contributed by atoms with van der Waals surface area (Å²) in [5, 5.41) is 5.69. The molecule has 0 unspecified atom stereocenters. The molecule has 0 aromatic heterocycles. The highest BCUT2D eigenvalue weighted by molar-refractivity contribution is 5.91. The van der Waals surface area contributed by atoms with Crippen molar-refractivity contribution < 1.29 is 14.3 Å². The van der Waals surface area contributed by atoms with Crippen LogP contribution in [-0.4, -0.2) is 44.6 Å². The minimum absolute atomic E-state index is 0.0125. The van der Waals surface area contributed by atoms with Gasteiger partial charge in [-0.1, -0.05) is 36.4 Å². The van der Waals surface area contributed by atoms with Gasteiger partial charge in [-0.2, -0.15) is 0 Å². The lowest BCUT2D eigenvalue weighted by atomic mass is 10.1. The minimum atomic E-state index is -0.278. The number of aryl methyl sites for hydroxylation is 1. The molecular weight excluding hydrogens is 342 g/mol. The molecule has 0 heterocycles. The van der Waals surface area contributed by atoms with Gasteiger partial charge in [0, 0.05) is 26.3 Å². The first-order valence-electron chi connectivity index (χ1n) is 8.96. The zero-order valence-corrected chi connectivity index (χ0v) is 16.1. The number of nitrogens with one attached hydrogen (secondary N) is 2. The maximum absolute atomic E-state index is 12.2. The molecule has 2 N–H and O–H groups in total. The first-order chi connectivity index (χ1) is 13.0. The molecular formula is C21H27N3O3. The lowest BCUT2D eigenvalue weighted by molar-refractivity contribution is -0.127. The summed E-state index contributed by atoms with van der Waals surface area (Å²) in [4.78, 5) is 25.6. The first kappa shape index (κ1) is 20.3. The number of benzene rings is 2. The standard InChI is InChI=1S/C21H27N3O3/c1-24(2)20(25)15-17-10-4-6-12-18(17)23-21(26)22-14-8-11-16-9-5-7-13-19(16)27-3/h4-7,9-10,12-13H,8,11,14-15H2,1-3H3,(H2,22,23,26). The zero-order chi connectivity index (χ0) is 19.6. The van der Waals surface area contributed by atoms with E-state index < -0.39 is 0 Å². The summed E-state index contributed by atoms with van der Waals surface area (Å²) in [6, 6.07) is 14.9. The Kier molecular flexibility index (Phi) is 7.67. The van der Waals surface area contributed by atoms with E-state index in [4.69, 9.17) is 4.74 Å². The molecule has 0 spiro atoms. The van der Waals surface area contributed by atoms with Crippen LogP contribution in [0.15, 0.2) is 48.5 Å². The number of carbonyl (C=O) groups excluding carboxylic acids is 2. The van der Waals surface area contributed by atoms with Crippen molar-refractivity contribution >= 4 is 17.6 Å². The van der Waals surface area contributed by atoms with Gasteiger partial charge in [0.2, 0.25) is 5.91 Å². The highest BCUT2D eigenvalue weighted by atomic mass is 16.5. The molecule has 0 aliphatic heterocycles. The summed E-state index contributed by atoms with van der Waals surface area (Å²) in [7, 11) is 5.09. The average Bonchev–Trinajstić information content (AvgIpc) is 2.67. The van der Waals surface area contributed by atoms with Crippen LogP contribution in [0, 0.1) is 0 Å². The quantitative estimate of drug-likeness (QED) is 0.703. The second kappa shape index (κ2) is 10.2. The Morgan fingerprint density at radius 3 is 2.37 bits per heavy atom. The molecule has 0 saturated heterocycles. The van der Waals surface area contributed by atoms with Crippen LogP contribution in [0.2, 0.25) is 0 Å². The molecule has 0 aliphatic carbocycles.